The Bertz CT molecular complexity index is 349. The summed E-state index contributed by atoms with van der Waals surface area (Å²) in [6, 6.07) is 2.21. The molecule has 18 heavy (non-hydrogen) atoms. The van der Waals surface area contributed by atoms with Gasteiger partial charge in [-0.1, -0.05) is 13.8 Å². The van der Waals surface area contributed by atoms with Crippen molar-refractivity contribution >= 4 is 27.3 Å². The Hall–Kier alpha value is 0.1000. The summed E-state index contributed by atoms with van der Waals surface area (Å²) in [5, 5.41) is 2.15. The van der Waals surface area contributed by atoms with E-state index in [0.717, 1.165) is 26.1 Å². The zero-order valence-corrected chi connectivity index (χ0v) is 14.1. The molecule has 0 aliphatic carbocycles. The van der Waals surface area contributed by atoms with E-state index in [4.69, 9.17) is 5.73 Å². The van der Waals surface area contributed by atoms with Gasteiger partial charge in [-0.2, -0.15) is 0 Å². The minimum Gasteiger partial charge on any atom is -0.330 e. The van der Waals surface area contributed by atoms with E-state index >= 15 is 0 Å². The van der Waals surface area contributed by atoms with Crippen LogP contribution < -0.4 is 5.73 Å². The van der Waals surface area contributed by atoms with E-state index in [1.165, 1.54) is 22.2 Å². The Balaban J connectivity index is 2.23. The zero-order valence-electron chi connectivity index (χ0n) is 11.7. The summed E-state index contributed by atoms with van der Waals surface area (Å²) in [5.41, 5.74) is 6.03. The highest BCUT2D eigenvalue weighted by Gasteiger charge is 2.16. The first kappa shape index (κ1) is 16.2. The van der Waals surface area contributed by atoms with Crippen LogP contribution in [0.2, 0.25) is 0 Å². The van der Waals surface area contributed by atoms with Crippen LogP contribution in [0.25, 0.3) is 0 Å². The highest BCUT2D eigenvalue weighted by Crippen LogP contribution is 2.26. The average molecular weight is 333 g/mol. The third-order valence-electron chi connectivity index (χ3n) is 3.26. The summed E-state index contributed by atoms with van der Waals surface area (Å²) >= 11 is 5.32. The van der Waals surface area contributed by atoms with Crippen molar-refractivity contribution in [1.82, 2.24) is 4.90 Å². The van der Waals surface area contributed by atoms with Crippen LogP contribution in [0.5, 0.6) is 0 Å². The van der Waals surface area contributed by atoms with Gasteiger partial charge in [-0.3, -0.25) is 0 Å². The summed E-state index contributed by atoms with van der Waals surface area (Å²) in [4.78, 5) is 3.82. The number of thiophene rings is 1. The van der Waals surface area contributed by atoms with Gasteiger partial charge in [0, 0.05) is 21.3 Å². The fraction of sp³-hybridized carbons (Fsp3) is 0.714. The normalized spacial score (nSPS) is 12.3. The standard InChI is InChI=1S/C14H25BrN2S/c1-14(2,6-7-16)5-4-8-17(3)10-13-9-12(15)11-18-13/h9,11H,4-8,10,16H2,1-3H3. The SMILES string of the molecule is CN(CCCC(C)(C)CCN)Cc1cc(Br)cs1. The zero-order chi connectivity index (χ0) is 13.6. The third-order valence-corrected chi connectivity index (χ3v) is 4.94. The number of nitrogens with two attached hydrogens (primary N) is 1. The number of halogens is 1. The van der Waals surface area contributed by atoms with E-state index in [1.54, 1.807) is 0 Å². The third kappa shape index (κ3) is 6.32. The molecule has 1 aromatic rings. The molecule has 0 spiro atoms. The highest BCUT2D eigenvalue weighted by molar-refractivity contribution is 9.10. The first-order valence-corrected chi connectivity index (χ1v) is 8.22. The summed E-state index contributed by atoms with van der Waals surface area (Å²) in [7, 11) is 2.20. The lowest BCUT2D eigenvalue weighted by atomic mass is 9.84. The van der Waals surface area contributed by atoms with Crippen molar-refractivity contribution in [2.45, 2.75) is 39.7 Å². The van der Waals surface area contributed by atoms with Crippen LogP contribution >= 0.6 is 27.3 Å². The van der Waals surface area contributed by atoms with Crippen molar-refractivity contribution < 1.29 is 0 Å². The molecular formula is C14H25BrN2S. The van der Waals surface area contributed by atoms with E-state index in [-0.39, 0.29) is 0 Å². The Morgan fingerprint density at radius 1 is 1.39 bits per heavy atom. The second-order valence-corrected chi connectivity index (χ2v) is 7.69. The molecule has 0 fully saturated rings. The van der Waals surface area contributed by atoms with Crippen LogP contribution in [-0.2, 0) is 6.54 Å². The Kier molecular flexibility index (Phi) is 6.85. The molecule has 0 radical (unpaired) electrons. The van der Waals surface area contributed by atoms with Gasteiger partial charge in [-0.15, -0.1) is 11.3 Å². The van der Waals surface area contributed by atoms with E-state index in [2.05, 4.69) is 53.2 Å². The van der Waals surface area contributed by atoms with E-state index < -0.39 is 0 Å². The summed E-state index contributed by atoms with van der Waals surface area (Å²) in [6.07, 6.45) is 3.62. The van der Waals surface area contributed by atoms with Gasteiger partial charge in [-0.25, -0.2) is 0 Å². The van der Waals surface area contributed by atoms with E-state index in [0.29, 0.717) is 5.41 Å². The Labute approximate surface area is 124 Å². The van der Waals surface area contributed by atoms with Crippen LogP contribution in [0.4, 0.5) is 0 Å². The van der Waals surface area contributed by atoms with Crippen LogP contribution in [0.1, 0.15) is 38.0 Å². The highest BCUT2D eigenvalue weighted by atomic mass is 79.9. The number of rotatable bonds is 8. The molecule has 2 N–H and O–H groups in total. The lowest BCUT2D eigenvalue weighted by molar-refractivity contribution is 0.260. The smallest absolute Gasteiger partial charge is 0.0325 e. The molecule has 0 bridgehead atoms. The van der Waals surface area contributed by atoms with Gasteiger partial charge in [0.1, 0.15) is 0 Å². The maximum absolute atomic E-state index is 5.64. The van der Waals surface area contributed by atoms with Gasteiger partial charge < -0.3 is 10.6 Å². The summed E-state index contributed by atoms with van der Waals surface area (Å²) in [6.45, 7) is 7.63. The number of hydrogen-bond acceptors (Lipinski definition) is 3. The topological polar surface area (TPSA) is 29.3 Å². The molecule has 1 aromatic heterocycles. The maximum Gasteiger partial charge on any atom is 0.0325 e. The molecule has 1 heterocycles. The van der Waals surface area contributed by atoms with Gasteiger partial charge in [0.05, 0.1) is 0 Å². The monoisotopic (exact) mass is 332 g/mol. The number of nitrogens with zero attached hydrogens (tertiary/aromatic N) is 1. The predicted octanol–water partition coefficient (Wildman–Crippen LogP) is 4.10. The summed E-state index contributed by atoms with van der Waals surface area (Å²) in [5.74, 6) is 0. The molecule has 0 aromatic carbocycles. The minimum absolute atomic E-state index is 0.390. The van der Waals surface area contributed by atoms with Crippen LogP contribution in [0.3, 0.4) is 0 Å². The second-order valence-electron chi connectivity index (χ2n) is 5.78. The molecule has 0 amide bonds. The van der Waals surface area contributed by atoms with Crippen molar-refractivity contribution in [2.75, 3.05) is 20.1 Å². The number of hydrogen-bond donors (Lipinski definition) is 1. The molecule has 4 heteroatoms. The van der Waals surface area contributed by atoms with Crippen LogP contribution in [0.15, 0.2) is 15.9 Å². The van der Waals surface area contributed by atoms with Crippen molar-refractivity contribution in [2.24, 2.45) is 11.1 Å². The van der Waals surface area contributed by atoms with Crippen LogP contribution in [0, 0.1) is 5.41 Å². The van der Waals surface area contributed by atoms with Gasteiger partial charge in [0.15, 0.2) is 0 Å². The predicted molar refractivity (Wildman–Crippen MR) is 85.0 cm³/mol. The molecule has 1 rings (SSSR count). The van der Waals surface area contributed by atoms with Gasteiger partial charge >= 0.3 is 0 Å². The van der Waals surface area contributed by atoms with Crippen molar-refractivity contribution in [3.63, 3.8) is 0 Å². The minimum atomic E-state index is 0.390. The fourth-order valence-electron chi connectivity index (χ4n) is 2.13. The largest absolute Gasteiger partial charge is 0.330 e. The Morgan fingerprint density at radius 2 is 2.11 bits per heavy atom. The van der Waals surface area contributed by atoms with Crippen molar-refractivity contribution in [1.29, 1.82) is 0 Å². The first-order valence-electron chi connectivity index (χ1n) is 6.54. The van der Waals surface area contributed by atoms with Gasteiger partial charge in [0.25, 0.3) is 0 Å². The Morgan fingerprint density at radius 3 is 2.67 bits per heavy atom. The van der Waals surface area contributed by atoms with E-state index in [1.807, 2.05) is 11.3 Å². The van der Waals surface area contributed by atoms with Gasteiger partial charge in [-0.05, 0) is 66.8 Å². The van der Waals surface area contributed by atoms with Crippen LogP contribution in [-0.4, -0.2) is 25.0 Å². The van der Waals surface area contributed by atoms with E-state index in [9.17, 15) is 0 Å². The fourth-order valence-corrected chi connectivity index (χ4v) is 3.66. The molecule has 0 saturated heterocycles. The molecule has 0 aliphatic rings. The quantitative estimate of drug-likeness (QED) is 0.776. The molecule has 0 atom stereocenters. The molecule has 0 unspecified atom stereocenters. The lowest BCUT2D eigenvalue weighted by Gasteiger charge is -2.25. The molecule has 0 aliphatic heterocycles. The molecule has 0 saturated carbocycles. The first-order chi connectivity index (χ1) is 8.43. The lowest BCUT2D eigenvalue weighted by Crippen LogP contribution is -2.22. The van der Waals surface area contributed by atoms with Crippen molar-refractivity contribution in [3.8, 4) is 0 Å². The van der Waals surface area contributed by atoms with Gasteiger partial charge in [0.2, 0.25) is 0 Å². The van der Waals surface area contributed by atoms with Crippen molar-refractivity contribution in [3.05, 3.63) is 20.8 Å². The summed E-state index contributed by atoms with van der Waals surface area (Å²) < 4.78 is 1.19. The second kappa shape index (κ2) is 7.63. The average Bonchev–Trinajstić information content (AvgIpc) is 2.63. The molecular weight excluding hydrogens is 308 g/mol. The molecule has 104 valence electrons. The molecule has 2 nitrogen and oxygen atoms in total. The maximum atomic E-state index is 5.64.